The van der Waals surface area contributed by atoms with Crippen LogP contribution in [0.2, 0.25) is 0 Å². The predicted molar refractivity (Wildman–Crippen MR) is 49.8 cm³/mol. The molecule has 0 atom stereocenters. The van der Waals surface area contributed by atoms with E-state index < -0.39 is 0 Å². The summed E-state index contributed by atoms with van der Waals surface area (Å²) in [4.78, 5) is 22.3. The molecule has 5 heteroatoms. The standard InChI is InChI=1S/C6H9NO2S2/c1-7(2-3-8)6(9)4-11-5-10/h3,5H,2,4H2,1H3. The fourth-order valence-corrected chi connectivity index (χ4v) is 1.06. The van der Waals surface area contributed by atoms with Gasteiger partial charge in [-0.15, -0.1) is 11.8 Å². The van der Waals surface area contributed by atoms with Gasteiger partial charge < -0.3 is 9.69 Å². The molecule has 0 saturated heterocycles. The molecule has 0 fully saturated rings. The van der Waals surface area contributed by atoms with E-state index in [-0.39, 0.29) is 12.5 Å². The lowest BCUT2D eigenvalue weighted by Crippen LogP contribution is -2.29. The zero-order valence-electron chi connectivity index (χ0n) is 6.15. The van der Waals surface area contributed by atoms with Gasteiger partial charge in [0.25, 0.3) is 0 Å². The number of thiocarbonyl (C=S) groups is 1. The summed E-state index contributed by atoms with van der Waals surface area (Å²) in [7, 11) is 1.58. The van der Waals surface area contributed by atoms with E-state index in [1.54, 1.807) is 7.05 Å². The van der Waals surface area contributed by atoms with Crippen LogP contribution in [-0.2, 0) is 9.59 Å². The molecule has 0 aliphatic carbocycles. The quantitative estimate of drug-likeness (QED) is 0.464. The van der Waals surface area contributed by atoms with Gasteiger partial charge in [0.05, 0.1) is 12.3 Å². The van der Waals surface area contributed by atoms with Crippen LogP contribution in [0.15, 0.2) is 0 Å². The highest BCUT2D eigenvalue weighted by atomic mass is 32.2. The molecule has 0 saturated carbocycles. The molecule has 0 bridgehead atoms. The van der Waals surface area contributed by atoms with Crippen molar-refractivity contribution >= 4 is 40.9 Å². The summed E-state index contributed by atoms with van der Waals surface area (Å²) >= 11 is 5.77. The highest BCUT2D eigenvalue weighted by Crippen LogP contribution is 1.96. The number of thioether (sulfide) groups is 1. The van der Waals surface area contributed by atoms with E-state index >= 15 is 0 Å². The molecule has 0 radical (unpaired) electrons. The largest absolute Gasteiger partial charge is 0.338 e. The van der Waals surface area contributed by atoms with Gasteiger partial charge in [0.15, 0.2) is 0 Å². The second kappa shape index (κ2) is 6.30. The number of aldehydes is 1. The molecule has 11 heavy (non-hydrogen) atoms. The molecule has 0 heterocycles. The minimum atomic E-state index is -0.0804. The van der Waals surface area contributed by atoms with Gasteiger partial charge >= 0.3 is 0 Å². The molecule has 62 valence electrons. The molecule has 0 spiro atoms. The SMILES string of the molecule is CN(CC=O)C(=O)CSC=S. The maximum absolute atomic E-state index is 11.0. The first-order valence-corrected chi connectivity index (χ1v) is 4.47. The Morgan fingerprint density at radius 2 is 2.36 bits per heavy atom. The Hall–Kier alpha value is -0.420. The fraction of sp³-hybridized carbons (Fsp3) is 0.500. The normalized spacial score (nSPS) is 8.82. The van der Waals surface area contributed by atoms with Crippen molar-refractivity contribution < 1.29 is 9.59 Å². The summed E-state index contributed by atoms with van der Waals surface area (Å²) in [5.41, 5.74) is 0. The van der Waals surface area contributed by atoms with Crippen molar-refractivity contribution in [1.29, 1.82) is 0 Å². The molecule has 0 aromatic heterocycles. The van der Waals surface area contributed by atoms with Crippen molar-refractivity contribution in [3.05, 3.63) is 0 Å². The highest BCUT2D eigenvalue weighted by molar-refractivity contribution is 8.21. The Bertz CT molecular complexity index is 161. The van der Waals surface area contributed by atoms with E-state index in [1.807, 2.05) is 0 Å². The first-order chi connectivity index (χ1) is 5.22. The van der Waals surface area contributed by atoms with E-state index in [9.17, 15) is 9.59 Å². The van der Waals surface area contributed by atoms with Crippen molar-refractivity contribution in [2.24, 2.45) is 0 Å². The third-order valence-electron chi connectivity index (χ3n) is 1.05. The number of hydrogen-bond donors (Lipinski definition) is 0. The van der Waals surface area contributed by atoms with Gasteiger partial charge in [0.1, 0.15) is 6.29 Å². The van der Waals surface area contributed by atoms with Crippen LogP contribution in [0, 0.1) is 0 Å². The fourth-order valence-electron chi connectivity index (χ4n) is 0.429. The Morgan fingerprint density at radius 1 is 1.73 bits per heavy atom. The van der Waals surface area contributed by atoms with E-state index in [1.165, 1.54) is 21.4 Å². The summed E-state index contributed by atoms with van der Waals surface area (Å²) in [6.07, 6.45) is 0.694. The zero-order chi connectivity index (χ0) is 8.69. The second-order valence-corrected chi connectivity index (χ2v) is 3.24. The Morgan fingerprint density at radius 3 is 2.82 bits per heavy atom. The van der Waals surface area contributed by atoms with Gasteiger partial charge in [0.2, 0.25) is 5.91 Å². The number of amides is 1. The van der Waals surface area contributed by atoms with Crippen molar-refractivity contribution in [3.63, 3.8) is 0 Å². The number of hydrogen-bond acceptors (Lipinski definition) is 4. The monoisotopic (exact) mass is 191 g/mol. The van der Waals surface area contributed by atoms with Crippen LogP contribution in [0.5, 0.6) is 0 Å². The first-order valence-electron chi connectivity index (χ1n) is 2.95. The molecule has 0 aliphatic rings. The zero-order valence-corrected chi connectivity index (χ0v) is 7.78. The van der Waals surface area contributed by atoms with E-state index in [0.717, 1.165) is 0 Å². The van der Waals surface area contributed by atoms with Gasteiger partial charge in [-0.25, -0.2) is 0 Å². The van der Waals surface area contributed by atoms with Crippen LogP contribution in [0.25, 0.3) is 0 Å². The minimum Gasteiger partial charge on any atom is -0.338 e. The maximum Gasteiger partial charge on any atom is 0.233 e. The van der Waals surface area contributed by atoms with Crippen molar-refractivity contribution in [1.82, 2.24) is 4.90 Å². The van der Waals surface area contributed by atoms with Crippen LogP contribution < -0.4 is 0 Å². The Balaban J connectivity index is 3.62. The lowest BCUT2D eigenvalue weighted by atomic mass is 10.5. The van der Waals surface area contributed by atoms with Crippen molar-refractivity contribution in [3.8, 4) is 0 Å². The van der Waals surface area contributed by atoms with Crippen LogP contribution in [0.1, 0.15) is 0 Å². The third kappa shape index (κ3) is 4.92. The third-order valence-corrected chi connectivity index (χ3v) is 2.01. The molecular formula is C6H9NO2S2. The van der Waals surface area contributed by atoms with Crippen LogP contribution >= 0.6 is 24.0 Å². The van der Waals surface area contributed by atoms with Gasteiger partial charge in [-0.1, -0.05) is 12.2 Å². The van der Waals surface area contributed by atoms with Gasteiger partial charge in [0, 0.05) is 11.7 Å². The summed E-state index contributed by atoms with van der Waals surface area (Å²) in [5, 5.41) is 0. The Kier molecular flexibility index (Phi) is 6.06. The van der Waals surface area contributed by atoms with Gasteiger partial charge in [-0.3, -0.25) is 4.79 Å². The molecule has 0 aromatic rings. The number of likely N-dealkylation sites (N-methyl/N-ethyl adjacent to an activating group) is 1. The average Bonchev–Trinajstić information content (AvgIpc) is 2.00. The molecule has 0 aliphatic heterocycles. The predicted octanol–water partition coefficient (Wildman–Crippen LogP) is 0.334. The molecule has 3 nitrogen and oxygen atoms in total. The summed E-state index contributed by atoms with van der Waals surface area (Å²) < 4.78 is 1.44. The first kappa shape index (κ1) is 10.6. The van der Waals surface area contributed by atoms with Crippen LogP contribution in [0.4, 0.5) is 0 Å². The molecule has 0 unspecified atom stereocenters. The van der Waals surface area contributed by atoms with E-state index in [0.29, 0.717) is 12.0 Å². The van der Waals surface area contributed by atoms with Crippen molar-refractivity contribution in [2.75, 3.05) is 19.3 Å². The summed E-state index contributed by atoms with van der Waals surface area (Å²) in [6, 6.07) is 0. The molecule has 0 rings (SSSR count). The van der Waals surface area contributed by atoms with Crippen LogP contribution in [-0.4, -0.2) is 41.1 Å². The number of carbonyl (C=O) groups excluding carboxylic acids is 2. The smallest absolute Gasteiger partial charge is 0.233 e. The summed E-state index contributed by atoms with van der Waals surface area (Å²) in [5.74, 6) is 0.233. The maximum atomic E-state index is 11.0. The lowest BCUT2D eigenvalue weighted by molar-refractivity contribution is -0.129. The summed E-state index contributed by atoms with van der Waals surface area (Å²) in [6.45, 7) is 0.150. The highest BCUT2D eigenvalue weighted by Gasteiger charge is 2.05. The van der Waals surface area contributed by atoms with Gasteiger partial charge in [-0.05, 0) is 0 Å². The van der Waals surface area contributed by atoms with Gasteiger partial charge in [-0.2, -0.15) is 0 Å². The molecule has 1 amide bonds. The molecule has 0 N–H and O–H groups in total. The van der Waals surface area contributed by atoms with Crippen LogP contribution in [0.3, 0.4) is 0 Å². The average molecular weight is 191 g/mol. The topological polar surface area (TPSA) is 37.4 Å². The molecule has 0 aromatic carbocycles. The number of rotatable bonds is 5. The Labute approximate surface area is 75.1 Å². The van der Waals surface area contributed by atoms with E-state index in [4.69, 9.17) is 0 Å². The number of carbonyl (C=O) groups is 2. The number of nitrogens with zero attached hydrogens (tertiary/aromatic N) is 1. The molecular weight excluding hydrogens is 182 g/mol. The van der Waals surface area contributed by atoms with Crippen molar-refractivity contribution in [2.45, 2.75) is 0 Å². The minimum absolute atomic E-state index is 0.0804. The second-order valence-electron chi connectivity index (χ2n) is 1.85. The lowest BCUT2D eigenvalue weighted by Gasteiger charge is -2.11. The van der Waals surface area contributed by atoms with E-state index in [2.05, 4.69) is 12.2 Å².